The number of amides is 1. The van der Waals surface area contributed by atoms with Crippen molar-refractivity contribution in [2.24, 2.45) is 11.1 Å². The fourth-order valence-electron chi connectivity index (χ4n) is 1.84. The van der Waals surface area contributed by atoms with E-state index in [1.54, 1.807) is 18.2 Å². The Labute approximate surface area is 109 Å². The van der Waals surface area contributed by atoms with Crippen LogP contribution < -0.4 is 16.4 Å². The average molecular weight is 249 g/mol. The Morgan fingerprint density at radius 2 is 1.89 bits per heavy atom. The molecule has 0 radical (unpaired) electrons. The second-order valence-corrected chi connectivity index (χ2v) is 5.79. The first kappa shape index (κ1) is 14.4. The second kappa shape index (κ2) is 4.88. The van der Waals surface area contributed by atoms with Gasteiger partial charge in [0.25, 0.3) is 5.91 Å². The first-order chi connectivity index (χ1) is 8.14. The summed E-state index contributed by atoms with van der Waals surface area (Å²) in [5, 5.41) is 0. The number of carbonyl (C=O) groups is 1. The van der Waals surface area contributed by atoms with Gasteiger partial charge in [0.1, 0.15) is 0 Å². The molecular weight excluding hydrogens is 226 g/mol. The molecule has 4 heteroatoms. The van der Waals surface area contributed by atoms with Crippen LogP contribution in [0, 0.1) is 5.41 Å². The van der Waals surface area contributed by atoms with Gasteiger partial charge in [-0.05, 0) is 30.5 Å². The van der Waals surface area contributed by atoms with Crippen molar-refractivity contribution >= 4 is 17.3 Å². The maximum absolute atomic E-state index is 11.5. The molecule has 0 fully saturated rings. The molecule has 0 spiro atoms. The van der Waals surface area contributed by atoms with Gasteiger partial charge in [0.15, 0.2) is 0 Å². The Bertz CT molecular complexity index is 449. The third kappa shape index (κ3) is 2.94. The Balaban J connectivity index is 3.23. The number of hydrogen-bond acceptors (Lipinski definition) is 3. The Morgan fingerprint density at radius 1 is 1.33 bits per heavy atom. The first-order valence-electron chi connectivity index (χ1n) is 6.06. The minimum absolute atomic E-state index is 0.0915. The number of rotatable bonds is 3. The molecule has 0 aliphatic rings. The standard InChI is InChI=1S/C14H23N3O/c1-9(14(2,3)4)17(5)12-8-10(15)6-7-11(12)13(16)18/h6-9H,15H2,1-5H3,(H2,16,18). The van der Waals surface area contributed by atoms with Crippen LogP contribution in [0.15, 0.2) is 18.2 Å². The van der Waals surface area contributed by atoms with Gasteiger partial charge in [0, 0.05) is 18.8 Å². The fraction of sp³-hybridized carbons (Fsp3) is 0.500. The summed E-state index contributed by atoms with van der Waals surface area (Å²) in [5.74, 6) is -0.432. The zero-order valence-corrected chi connectivity index (χ0v) is 11.8. The molecule has 0 aromatic heterocycles. The monoisotopic (exact) mass is 249 g/mol. The predicted molar refractivity (Wildman–Crippen MR) is 76.7 cm³/mol. The van der Waals surface area contributed by atoms with Gasteiger partial charge in [0.2, 0.25) is 0 Å². The summed E-state index contributed by atoms with van der Waals surface area (Å²) >= 11 is 0. The first-order valence-corrected chi connectivity index (χ1v) is 6.06. The predicted octanol–water partition coefficient (Wildman–Crippen LogP) is 2.24. The van der Waals surface area contributed by atoms with Gasteiger partial charge >= 0.3 is 0 Å². The van der Waals surface area contributed by atoms with Crippen molar-refractivity contribution in [2.75, 3.05) is 17.7 Å². The molecule has 100 valence electrons. The van der Waals surface area contributed by atoms with Gasteiger partial charge < -0.3 is 16.4 Å². The van der Waals surface area contributed by atoms with Crippen molar-refractivity contribution in [1.29, 1.82) is 0 Å². The fourth-order valence-corrected chi connectivity index (χ4v) is 1.84. The van der Waals surface area contributed by atoms with E-state index in [1.165, 1.54) is 0 Å². The molecule has 1 unspecified atom stereocenters. The molecule has 4 N–H and O–H groups in total. The Kier molecular flexibility index (Phi) is 3.89. The number of nitrogen functional groups attached to an aromatic ring is 1. The third-order valence-corrected chi connectivity index (χ3v) is 3.50. The van der Waals surface area contributed by atoms with Crippen LogP contribution in [0.3, 0.4) is 0 Å². The minimum atomic E-state index is -0.432. The van der Waals surface area contributed by atoms with Crippen LogP contribution in [0.25, 0.3) is 0 Å². The molecule has 0 heterocycles. The molecule has 1 aromatic rings. The SMILES string of the molecule is CC(N(C)c1cc(N)ccc1C(N)=O)C(C)(C)C. The summed E-state index contributed by atoms with van der Waals surface area (Å²) in [6.07, 6.45) is 0. The maximum Gasteiger partial charge on any atom is 0.250 e. The number of carbonyl (C=O) groups excluding carboxylic acids is 1. The van der Waals surface area contributed by atoms with Crippen molar-refractivity contribution < 1.29 is 4.79 Å². The molecule has 1 rings (SSSR count). The van der Waals surface area contributed by atoms with Gasteiger partial charge in [0.05, 0.1) is 11.3 Å². The summed E-state index contributed by atoms with van der Waals surface area (Å²) < 4.78 is 0. The zero-order valence-electron chi connectivity index (χ0n) is 11.8. The normalized spacial score (nSPS) is 13.2. The number of nitrogens with two attached hydrogens (primary N) is 2. The van der Waals surface area contributed by atoms with E-state index in [0.29, 0.717) is 11.3 Å². The highest BCUT2D eigenvalue weighted by Crippen LogP contribution is 2.30. The Hall–Kier alpha value is -1.71. The van der Waals surface area contributed by atoms with Crippen molar-refractivity contribution in [1.82, 2.24) is 0 Å². The van der Waals surface area contributed by atoms with E-state index in [0.717, 1.165) is 5.69 Å². The van der Waals surface area contributed by atoms with Crippen LogP contribution >= 0.6 is 0 Å². The van der Waals surface area contributed by atoms with Crippen molar-refractivity contribution in [3.05, 3.63) is 23.8 Å². The average Bonchev–Trinajstić information content (AvgIpc) is 2.25. The summed E-state index contributed by atoms with van der Waals surface area (Å²) in [6, 6.07) is 5.41. The summed E-state index contributed by atoms with van der Waals surface area (Å²) in [4.78, 5) is 13.5. The third-order valence-electron chi connectivity index (χ3n) is 3.50. The summed E-state index contributed by atoms with van der Waals surface area (Å²) in [6.45, 7) is 8.59. The van der Waals surface area contributed by atoms with Gasteiger partial charge in [-0.3, -0.25) is 4.79 Å². The number of nitrogens with zero attached hydrogens (tertiary/aromatic N) is 1. The lowest BCUT2D eigenvalue weighted by Crippen LogP contribution is -2.40. The number of benzene rings is 1. The van der Waals surface area contributed by atoms with Crippen LogP contribution in [0.5, 0.6) is 0 Å². The molecule has 0 saturated carbocycles. The minimum Gasteiger partial charge on any atom is -0.399 e. The molecule has 0 saturated heterocycles. The lowest BCUT2D eigenvalue weighted by molar-refractivity contribution is 0.100. The number of primary amides is 1. The molecule has 0 aliphatic heterocycles. The summed E-state index contributed by atoms with van der Waals surface area (Å²) in [5.41, 5.74) is 13.2. The highest BCUT2D eigenvalue weighted by atomic mass is 16.1. The van der Waals surface area contributed by atoms with E-state index in [-0.39, 0.29) is 11.5 Å². The Morgan fingerprint density at radius 3 is 2.33 bits per heavy atom. The van der Waals surface area contributed by atoms with Crippen LogP contribution in [-0.4, -0.2) is 19.0 Å². The second-order valence-electron chi connectivity index (χ2n) is 5.79. The maximum atomic E-state index is 11.5. The van der Waals surface area contributed by atoms with E-state index in [1.807, 2.05) is 7.05 Å². The smallest absolute Gasteiger partial charge is 0.250 e. The van der Waals surface area contributed by atoms with Crippen LogP contribution in [0.2, 0.25) is 0 Å². The van der Waals surface area contributed by atoms with Crippen molar-refractivity contribution in [2.45, 2.75) is 33.7 Å². The zero-order chi connectivity index (χ0) is 14.1. The molecule has 18 heavy (non-hydrogen) atoms. The van der Waals surface area contributed by atoms with E-state index >= 15 is 0 Å². The molecule has 0 aliphatic carbocycles. The highest BCUT2D eigenvalue weighted by Gasteiger charge is 2.26. The van der Waals surface area contributed by atoms with Gasteiger partial charge in [-0.1, -0.05) is 20.8 Å². The number of anilines is 2. The van der Waals surface area contributed by atoms with Gasteiger partial charge in [-0.2, -0.15) is 0 Å². The highest BCUT2D eigenvalue weighted by molar-refractivity contribution is 5.99. The van der Waals surface area contributed by atoms with E-state index in [9.17, 15) is 4.79 Å². The molecule has 1 amide bonds. The van der Waals surface area contributed by atoms with E-state index < -0.39 is 5.91 Å². The van der Waals surface area contributed by atoms with Crippen LogP contribution in [0.1, 0.15) is 38.1 Å². The molecule has 1 atom stereocenters. The van der Waals surface area contributed by atoms with Crippen LogP contribution in [0.4, 0.5) is 11.4 Å². The van der Waals surface area contributed by atoms with Gasteiger partial charge in [-0.15, -0.1) is 0 Å². The molecule has 1 aromatic carbocycles. The van der Waals surface area contributed by atoms with Crippen molar-refractivity contribution in [3.8, 4) is 0 Å². The van der Waals surface area contributed by atoms with Crippen LogP contribution in [-0.2, 0) is 0 Å². The van der Waals surface area contributed by atoms with E-state index in [4.69, 9.17) is 11.5 Å². The number of hydrogen-bond donors (Lipinski definition) is 2. The lowest BCUT2D eigenvalue weighted by Gasteiger charge is -2.37. The lowest BCUT2D eigenvalue weighted by atomic mass is 9.86. The topological polar surface area (TPSA) is 72.3 Å². The van der Waals surface area contributed by atoms with Crippen molar-refractivity contribution in [3.63, 3.8) is 0 Å². The molecular formula is C14H23N3O. The molecule has 4 nitrogen and oxygen atoms in total. The summed E-state index contributed by atoms with van der Waals surface area (Å²) in [7, 11) is 1.96. The quantitative estimate of drug-likeness (QED) is 0.807. The largest absolute Gasteiger partial charge is 0.399 e. The molecule has 0 bridgehead atoms. The van der Waals surface area contributed by atoms with E-state index in [2.05, 4.69) is 32.6 Å². The van der Waals surface area contributed by atoms with Gasteiger partial charge in [-0.25, -0.2) is 0 Å².